The van der Waals surface area contributed by atoms with Gasteiger partial charge in [0.15, 0.2) is 0 Å². The minimum absolute atomic E-state index is 0.00418. The Morgan fingerprint density at radius 3 is 2.37 bits per heavy atom. The molecule has 0 saturated carbocycles. The normalized spacial score (nSPS) is 11.1. The Morgan fingerprint density at radius 2 is 1.78 bits per heavy atom. The van der Waals surface area contributed by atoms with Crippen LogP contribution in [0.15, 0.2) is 47.4 Å². The summed E-state index contributed by atoms with van der Waals surface area (Å²) in [5.41, 5.74) is 0.961. The van der Waals surface area contributed by atoms with E-state index in [1.807, 2.05) is 6.92 Å². The molecule has 8 heteroatoms. The molecule has 1 amide bonds. The molecule has 2 aromatic carbocycles. The first-order valence-electron chi connectivity index (χ1n) is 8.59. The van der Waals surface area contributed by atoms with Crippen molar-refractivity contribution in [2.24, 2.45) is 0 Å². The second-order valence-electron chi connectivity index (χ2n) is 5.62. The van der Waals surface area contributed by atoms with E-state index in [1.165, 1.54) is 25.3 Å². The third-order valence-corrected chi connectivity index (χ3v) is 5.16. The Kier molecular flexibility index (Phi) is 7.20. The van der Waals surface area contributed by atoms with Gasteiger partial charge in [-0.2, -0.15) is 0 Å². The summed E-state index contributed by atoms with van der Waals surface area (Å²) in [7, 11) is -2.36. The van der Waals surface area contributed by atoms with Gasteiger partial charge in [0.25, 0.3) is 5.91 Å². The summed E-state index contributed by atoms with van der Waals surface area (Å²) in [6.07, 6.45) is 0. The Morgan fingerprint density at radius 1 is 1.07 bits per heavy atom. The standard InChI is InChI=1S/C19H24N2O5S/c1-4-20-19(22)17-12-16(10-11-18(17)25-3)27(23,24)21-13-14-6-8-15(9-7-14)26-5-2/h6-12,21H,4-5,13H2,1-3H3,(H,20,22). The van der Waals surface area contributed by atoms with Gasteiger partial charge in [-0.25, -0.2) is 13.1 Å². The summed E-state index contributed by atoms with van der Waals surface area (Å²) in [6.45, 7) is 4.79. The minimum atomic E-state index is -3.79. The van der Waals surface area contributed by atoms with Crippen LogP contribution < -0.4 is 19.5 Å². The van der Waals surface area contributed by atoms with Gasteiger partial charge in [0.2, 0.25) is 10.0 Å². The van der Waals surface area contributed by atoms with E-state index in [1.54, 1.807) is 31.2 Å². The van der Waals surface area contributed by atoms with Crippen molar-refractivity contribution in [3.8, 4) is 11.5 Å². The number of nitrogens with one attached hydrogen (secondary N) is 2. The van der Waals surface area contributed by atoms with E-state index in [0.29, 0.717) is 18.9 Å². The van der Waals surface area contributed by atoms with Gasteiger partial charge in [-0.1, -0.05) is 12.1 Å². The van der Waals surface area contributed by atoms with Crippen LogP contribution in [0.4, 0.5) is 0 Å². The molecule has 2 aromatic rings. The lowest BCUT2D eigenvalue weighted by atomic mass is 10.2. The Balaban J connectivity index is 2.18. The Labute approximate surface area is 159 Å². The fourth-order valence-electron chi connectivity index (χ4n) is 2.42. The van der Waals surface area contributed by atoms with Crippen molar-refractivity contribution in [1.29, 1.82) is 0 Å². The number of ether oxygens (including phenoxy) is 2. The summed E-state index contributed by atoms with van der Waals surface area (Å²) in [5.74, 6) is 0.648. The van der Waals surface area contributed by atoms with E-state index in [9.17, 15) is 13.2 Å². The first-order chi connectivity index (χ1) is 12.9. The van der Waals surface area contributed by atoms with Gasteiger partial charge in [-0.05, 0) is 49.7 Å². The van der Waals surface area contributed by atoms with Crippen molar-refractivity contribution in [3.05, 3.63) is 53.6 Å². The molecule has 0 fully saturated rings. The van der Waals surface area contributed by atoms with Crippen LogP contribution in [0, 0.1) is 0 Å². The van der Waals surface area contributed by atoms with Crippen LogP contribution in [-0.4, -0.2) is 34.6 Å². The third kappa shape index (κ3) is 5.45. The molecule has 0 saturated heterocycles. The van der Waals surface area contributed by atoms with Crippen molar-refractivity contribution < 1.29 is 22.7 Å². The van der Waals surface area contributed by atoms with Crippen molar-refractivity contribution in [2.45, 2.75) is 25.3 Å². The third-order valence-electron chi connectivity index (χ3n) is 3.76. The number of amides is 1. The minimum Gasteiger partial charge on any atom is -0.496 e. The van der Waals surface area contributed by atoms with Crippen molar-refractivity contribution in [3.63, 3.8) is 0 Å². The second kappa shape index (κ2) is 9.38. The van der Waals surface area contributed by atoms with Crippen LogP contribution in [0.1, 0.15) is 29.8 Å². The fraction of sp³-hybridized carbons (Fsp3) is 0.316. The highest BCUT2D eigenvalue weighted by Gasteiger charge is 2.19. The van der Waals surface area contributed by atoms with Crippen molar-refractivity contribution in [1.82, 2.24) is 10.0 Å². The average molecular weight is 392 g/mol. The molecule has 0 unspecified atom stereocenters. The van der Waals surface area contributed by atoms with E-state index in [4.69, 9.17) is 9.47 Å². The fourth-order valence-corrected chi connectivity index (χ4v) is 3.46. The van der Waals surface area contributed by atoms with Crippen LogP contribution in [0.5, 0.6) is 11.5 Å². The summed E-state index contributed by atoms with van der Waals surface area (Å²) in [6, 6.07) is 11.3. The lowest BCUT2D eigenvalue weighted by Crippen LogP contribution is -2.26. The molecule has 0 aliphatic heterocycles. The topological polar surface area (TPSA) is 93.7 Å². The Bertz CT molecular complexity index is 879. The molecule has 146 valence electrons. The average Bonchev–Trinajstić information content (AvgIpc) is 2.67. The number of rotatable bonds is 9. The van der Waals surface area contributed by atoms with Crippen LogP contribution in [0.25, 0.3) is 0 Å². The molecule has 0 aromatic heterocycles. The SMILES string of the molecule is CCNC(=O)c1cc(S(=O)(=O)NCc2ccc(OCC)cc2)ccc1OC. The molecule has 2 N–H and O–H groups in total. The molecule has 0 radical (unpaired) electrons. The van der Waals surface area contributed by atoms with Gasteiger partial charge >= 0.3 is 0 Å². The zero-order valence-corrected chi connectivity index (χ0v) is 16.4. The van der Waals surface area contributed by atoms with Crippen molar-refractivity contribution in [2.75, 3.05) is 20.3 Å². The first kappa shape index (κ1) is 20.7. The van der Waals surface area contributed by atoms with E-state index in [-0.39, 0.29) is 17.0 Å². The molecule has 0 aliphatic carbocycles. The summed E-state index contributed by atoms with van der Waals surface area (Å²) < 4.78 is 38.3. The maximum absolute atomic E-state index is 12.6. The molecule has 0 atom stereocenters. The Hall–Kier alpha value is -2.58. The number of sulfonamides is 1. The number of carbonyl (C=O) groups excluding carboxylic acids is 1. The predicted molar refractivity (Wildman–Crippen MR) is 103 cm³/mol. The maximum Gasteiger partial charge on any atom is 0.255 e. The van der Waals surface area contributed by atoms with E-state index in [0.717, 1.165) is 11.3 Å². The first-order valence-corrected chi connectivity index (χ1v) is 10.1. The summed E-state index contributed by atoms with van der Waals surface area (Å²) in [5, 5.41) is 2.64. The van der Waals surface area contributed by atoms with E-state index in [2.05, 4.69) is 10.0 Å². The number of hydrogen-bond donors (Lipinski definition) is 2. The van der Waals surface area contributed by atoms with Crippen molar-refractivity contribution >= 4 is 15.9 Å². The molecule has 7 nitrogen and oxygen atoms in total. The van der Waals surface area contributed by atoms with Crippen LogP contribution in [-0.2, 0) is 16.6 Å². The number of hydrogen-bond acceptors (Lipinski definition) is 5. The molecule has 0 heterocycles. The summed E-state index contributed by atoms with van der Waals surface area (Å²) in [4.78, 5) is 12.1. The molecule has 2 rings (SSSR count). The quantitative estimate of drug-likeness (QED) is 0.683. The maximum atomic E-state index is 12.6. The highest BCUT2D eigenvalue weighted by Crippen LogP contribution is 2.23. The highest BCUT2D eigenvalue weighted by molar-refractivity contribution is 7.89. The zero-order chi connectivity index (χ0) is 19.9. The molecular weight excluding hydrogens is 368 g/mol. The van der Waals surface area contributed by atoms with E-state index < -0.39 is 15.9 Å². The van der Waals surface area contributed by atoms with Gasteiger partial charge in [-0.3, -0.25) is 4.79 Å². The van der Waals surface area contributed by atoms with Gasteiger partial charge in [0.05, 0.1) is 24.2 Å². The van der Waals surface area contributed by atoms with Gasteiger partial charge in [0, 0.05) is 13.1 Å². The number of methoxy groups -OCH3 is 1. The zero-order valence-electron chi connectivity index (χ0n) is 15.6. The lowest BCUT2D eigenvalue weighted by molar-refractivity contribution is 0.0952. The van der Waals surface area contributed by atoms with Gasteiger partial charge in [-0.15, -0.1) is 0 Å². The highest BCUT2D eigenvalue weighted by atomic mass is 32.2. The lowest BCUT2D eigenvalue weighted by Gasteiger charge is -2.12. The largest absolute Gasteiger partial charge is 0.496 e. The second-order valence-corrected chi connectivity index (χ2v) is 7.39. The molecule has 27 heavy (non-hydrogen) atoms. The smallest absolute Gasteiger partial charge is 0.255 e. The predicted octanol–water partition coefficient (Wildman–Crippen LogP) is 2.32. The number of carbonyl (C=O) groups is 1. The monoisotopic (exact) mass is 392 g/mol. The van der Waals surface area contributed by atoms with Crippen LogP contribution >= 0.6 is 0 Å². The number of benzene rings is 2. The molecule has 0 spiro atoms. The van der Waals surface area contributed by atoms with E-state index >= 15 is 0 Å². The van der Waals surface area contributed by atoms with Crippen LogP contribution in [0.3, 0.4) is 0 Å². The summed E-state index contributed by atoms with van der Waals surface area (Å²) >= 11 is 0. The van der Waals surface area contributed by atoms with Gasteiger partial charge in [0.1, 0.15) is 11.5 Å². The van der Waals surface area contributed by atoms with Crippen LogP contribution in [0.2, 0.25) is 0 Å². The molecule has 0 bridgehead atoms. The molecular formula is C19H24N2O5S. The van der Waals surface area contributed by atoms with Gasteiger partial charge < -0.3 is 14.8 Å². The molecule has 0 aliphatic rings.